The number of benzene rings is 1. The molecule has 34 heavy (non-hydrogen) atoms. The molecule has 3 saturated heterocycles. The lowest BCUT2D eigenvalue weighted by molar-refractivity contribution is -0.155. The van der Waals surface area contributed by atoms with Crippen LogP contribution in [0, 0.1) is 17.8 Å². The fraction of sp³-hybridized carbons (Fsp3) is 0.625. The Kier molecular flexibility index (Phi) is 6.94. The number of halogens is 1. The summed E-state index contributed by atoms with van der Waals surface area (Å²) in [6.45, 7) is 5.34. The second-order valence-electron chi connectivity index (χ2n) is 9.37. The highest BCUT2D eigenvalue weighted by molar-refractivity contribution is 9.09. The number of rotatable bonds is 8. The van der Waals surface area contributed by atoms with E-state index in [4.69, 9.17) is 14.2 Å². The van der Waals surface area contributed by atoms with Crippen LogP contribution in [0.5, 0.6) is 5.75 Å². The number of nitrogens with zero attached hydrogens (tertiary/aromatic N) is 1. The first-order valence-corrected chi connectivity index (χ1v) is 12.5. The summed E-state index contributed by atoms with van der Waals surface area (Å²) in [5.74, 6) is -2.45. The van der Waals surface area contributed by atoms with Crippen molar-refractivity contribution in [1.29, 1.82) is 0 Å². The Balaban J connectivity index is 1.75. The lowest BCUT2D eigenvalue weighted by Crippen LogP contribution is -2.57. The van der Waals surface area contributed by atoms with Crippen molar-refractivity contribution >= 4 is 39.4 Å². The molecule has 2 amide bonds. The van der Waals surface area contributed by atoms with Crippen LogP contribution in [0.4, 0.5) is 5.69 Å². The average molecular weight is 539 g/mol. The Morgan fingerprint density at radius 1 is 1.32 bits per heavy atom. The van der Waals surface area contributed by atoms with Crippen LogP contribution in [0.15, 0.2) is 24.3 Å². The van der Waals surface area contributed by atoms with Crippen LogP contribution in [0.3, 0.4) is 0 Å². The monoisotopic (exact) mass is 538 g/mol. The van der Waals surface area contributed by atoms with E-state index in [-0.39, 0.29) is 29.9 Å². The van der Waals surface area contributed by atoms with Gasteiger partial charge in [0.2, 0.25) is 11.8 Å². The summed E-state index contributed by atoms with van der Waals surface area (Å²) < 4.78 is 16.9. The molecule has 0 aliphatic carbocycles. The van der Waals surface area contributed by atoms with E-state index >= 15 is 0 Å². The van der Waals surface area contributed by atoms with Gasteiger partial charge in [-0.2, -0.15) is 0 Å². The molecule has 0 saturated carbocycles. The summed E-state index contributed by atoms with van der Waals surface area (Å²) in [4.78, 5) is 41.8. The molecule has 2 N–H and O–H groups in total. The molecule has 3 aliphatic heterocycles. The molecule has 1 aromatic rings. The van der Waals surface area contributed by atoms with Crippen molar-refractivity contribution in [3.05, 3.63) is 24.3 Å². The number of aliphatic hydroxyl groups excluding tert-OH is 1. The number of likely N-dealkylation sites (tertiary alicyclic amines) is 1. The van der Waals surface area contributed by atoms with Crippen molar-refractivity contribution in [1.82, 2.24) is 4.90 Å². The number of carbonyl (C=O) groups excluding carboxylic acids is 3. The smallest absolute Gasteiger partial charge is 0.312 e. The normalized spacial score (nSPS) is 32.6. The van der Waals surface area contributed by atoms with Gasteiger partial charge in [0.15, 0.2) is 0 Å². The van der Waals surface area contributed by atoms with Gasteiger partial charge in [-0.3, -0.25) is 14.4 Å². The van der Waals surface area contributed by atoms with Gasteiger partial charge in [-0.05, 0) is 43.5 Å². The molecule has 1 aromatic carbocycles. The maximum Gasteiger partial charge on any atom is 0.312 e. The highest BCUT2D eigenvalue weighted by Gasteiger charge is 2.77. The number of hydrogen-bond acceptors (Lipinski definition) is 7. The number of esters is 1. The van der Waals surface area contributed by atoms with Crippen molar-refractivity contribution in [2.75, 3.05) is 25.6 Å². The third kappa shape index (κ3) is 3.79. The number of alkyl halides is 1. The standard InChI is InChI=1S/C24H31BrN2O7/c1-5-33-23(31)17-18-22(30)27(16(11-28)12(2)3)20(24(18)10-15(25)19(17)34-24)21(29)26-13-6-8-14(32-4)9-7-13/h6-9,12,15-20,28H,5,10-11H2,1-4H3,(H,26,29)/t15?,16-,17+,18-,19+,20?,24?/m0/s1. The summed E-state index contributed by atoms with van der Waals surface area (Å²) in [5, 5.41) is 13.1. The van der Waals surface area contributed by atoms with E-state index < -0.39 is 47.5 Å². The van der Waals surface area contributed by atoms with Gasteiger partial charge in [0, 0.05) is 10.5 Å². The van der Waals surface area contributed by atoms with E-state index in [1.165, 1.54) is 4.90 Å². The quantitative estimate of drug-likeness (QED) is 0.384. The second kappa shape index (κ2) is 9.47. The topological polar surface area (TPSA) is 114 Å². The molecule has 186 valence electrons. The molecule has 7 atom stereocenters. The minimum atomic E-state index is -1.20. The maximum absolute atomic E-state index is 13.9. The molecule has 4 rings (SSSR count). The van der Waals surface area contributed by atoms with E-state index in [0.29, 0.717) is 17.9 Å². The van der Waals surface area contributed by atoms with Crippen molar-refractivity contribution in [3.8, 4) is 5.75 Å². The number of fused-ring (bicyclic) bond motifs is 1. The zero-order valence-electron chi connectivity index (χ0n) is 19.7. The highest BCUT2D eigenvalue weighted by atomic mass is 79.9. The van der Waals surface area contributed by atoms with Gasteiger partial charge in [-0.15, -0.1) is 0 Å². The number of aliphatic hydroxyl groups is 1. The van der Waals surface area contributed by atoms with Crippen molar-refractivity contribution in [3.63, 3.8) is 0 Å². The molecule has 3 heterocycles. The van der Waals surface area contributed by atoms with Crippen LogP contribution in [0.25, 0.3) is 0 Å². The lowest BCUT2D eigenvalue weighted by Gasteiger charge is -2.38. The minimum Gasteiger partial charge on any atom is -0.497 e. The van der Waals surface area contributed by atoms with Gasteiger partial charge in [-0.25, -0.2) is 0 Å². The van der Waals surface area contributed by atoms with E-state index in [9.17, 15) is 19.5 Å². The Bertz CT molecular complexity index is 955. The van der Waals surface area contributed by atoms with Gasteiger partial charge in [-0.1, -0.05) is 29.8 Å². The number of nitrogens with one attached hydrogen (secondary N) is 1. The first kappa shape index (κ1) is 24.9. The van der Waals surface area contributed by atoms with Crippen LogP contribution in [-0.4, -0.2) is 76.7 Å². The molecule has 2 bridgehead atoms. The predicted octanol–water partition coefficient (Wildman–Crippen LogP) is 1.96. The summed E-state index contributed by atoms with van der Waals surface area (Å²) in [6, 6.07) is 5.24. The van der Waals surface area contributed by atoms with Crippen molar-refractivity contribution in [2.24, 2.45) is 17.8 Å². The molecule has 3 unspecified atom stereocenters. The SMILES string of the molecule is CCOC(=O)[C@H]1[C@@H]2OC3(CC2Br)C(C(=O)Nc2ccc(OC)cc2)N([C@@H](CO)C(C)C)C(=O)[C@H]13. The third-order valence-corrected chi connectivity index (χ3v) is 8.05. The van der Waals surface area contributed by atoms with Gasteiger partial charge >= 0.3 is 5.97 Å². The van der Waals surface area contributed by atoms with Gasteiger partial charge in [0.05, 0.1) is 44.3 Å². The molecule has 3 aliphatic rings. The fourth-order valence-electron chi connectivity index (χ4n) is 5.74. The summed E-state index contributed by atoms with van der Waals surface area (Å²) >= 11 is 3.61. The average Bonchev–Trinajstić information content (AvgIpc) is 3.38. The fourth-order valence-corrected chi connectivity index (χ4v) is 6.68. The van der Waals surface area contributed by atoms with Gasteiger partial charge in [0.25, 0.3) is 0 Å². The Morgan fingerprint density at radius 3 is 2.56 bits per heavy atom. The van der Waals surface area contributed by atoms with E-state index in [0.717, 1.165) is 0 Å². The number of amides is 2. The lowest BCUT2D eigenvalue weighted by atomic mass is 9.70. The largest absolute Gasteiger partial charge is 0.497 e. The van der Waals surface area contributed by atoms with Gasteiger partial charge < -0.3 is 29.5 Å². The van der Waals surface area contributed by atoms with Gasteiger partial charge in [0.1, 0.15) is 17.4 Å². The Hall–Kier alpha value is -2.17. The van der Waals surface area contributed by atoms with E-state index in [2.05, 4.69) is 21.2 Å². The first-order chi connectivity index (χ1) is 16.2. The third-order valence-electron chi connectivity index (χ3n) is 7.21. The number of methoxy groups -OCH3 is 1. The van der Waals surface area contributed by atoms with Crippen molar-refractivity contribution < 1.29 is 33.7 Å². The zero-order valence-corrected chi connectivity index (χ0v) is 21.3. The minimum absolute atomic E-state index is 0.126. The summed E-state index contributed by atoms with van der Waals surface area (Å²) in [7, 11) is 1.56. The van der Waals surface area contributed by atoms with E-state index in [1.54, 1.807) is 38.3 Å². The Labute approximate surface area is 207 Å². The highest BCUT2D eigenvalue weighted by Crippen LogP contribution is 2.60. The molecular formula is C24H31BrN2O7. The first-order valence-electron chi connectivity index (χ1n) is 11.6. The molecule has 1 spiro atoms. The molecule has 0 aromatic heterocycles. The second-order valence-corrected chi connectivity index (χ2v) is 10.5. The zero-order chi connectivity index (χ0) is 24.8. The number of ether oxygens (including phenoxy) is 3. The molecule has 10 heteroatoms. The molecule has 3 fully saturated rings. The maximum atomic E-state index is 13.9. The molecule has 9 nitrogen and oxygen atoms in total. The van der Waals surface area contributed by atoms with Crippen LogP contribution in [0.1, 0.15) is 27.2 Å². The number of carbonyl (C=O) groups is 3. The predicted molar refractivity (Wildman–Crippen MR) is 127 cm³/mol. The van der Waals surface area contributed by atoms with Crippen LogP contribution in [-0.2, 0) is 23.9 Å². The molecular weight excluding hydrogens is 508 g/mol. The molecule has 0 radical (unpaired) electrons. The summed E-state index contributed by atoms with van der Waals surface area (Å²) in [6.07, 6.45) is -0.185. The number of hydrogen-bond donors (Lipinski definition) is 2. The number of anilines is 1. The van der Waals surface area contributed by atoms with E-state index in [1.807, 2.05) is 13.8 Å². The Morgan fingerprint density at radius 2 is 2.00 bits per heavy atom. The summed E-state index contributed by atoms with van der Waals surface area (Å²) in [5.41, 5.74) is -0.667. The van der Waals surface area contributed by atoms with Crippen LogP contribution < -0.4 is 10.1 Å². The van der Waals surface area contributed by atoms with Crippen molar-refractivity contribution in [2.45, 2.75) is 55.8 Å². The van der Waals surface area contributed by atoms with Crippen LogP contribution >= 0.6 is 15.9 Å². The van der Waals surface area contributed by atoms with Crippen LogP contribution in [0.2, 0.25) is 0 Å².